The predicted molar refractivity (Wildman–Crippen MR) is 193 cm³/mol. The van der Waals surface area contributed by atoms with Crippen LogP contribution < -0.4 is 25.4 Å². The number of thioether (sulfide) groups is 1. The molecule has 11 heteroatoms. The van der Waals surface area contributed by atoms with Crippen molar-refractivity contribution >= 4 is 57.7 Å². The van der Waals surface area contributed by atoms with Crippen LogP contribution in [-0.2, 0) is 9.59 Å². The van der Waals surface area contributed by atoms with Gasteiger partial charge in [-0.15, -0.1) is 23.1 Å². The largest absolute Gasteiger partial charge is 0.493 e. The first-order chi connectivity index (χ1) is 23.2. The SMILES string of the molecule is COc1ccc(/C=C(/NC(=O)c2ccccc2)C(=O)Nc2cccc(SCC(=O)Nc3nc(-c4ccc(C)cc4)c(C)s3)c2)cc1OC. The van der Waals surface area contributed by atoms with Gasteiger partial charge in [-0.2, -0.15) is 0 Å². The van der Waals surface area contributed by atoms with Gasteiger partial charge in [0, 0.05) is 26.6 Å². The molecule has 9 nitrogen and oxygen atoms in total. The van der Waals surface area contributed by atoms with Crippen molar-refractivity contribution in [3.05, 3.63) is 124 Å². The average Bonchev–Trinajstić information content (AvgIpc) is 3.46. The number of aryl methyl sites for hydroxylation is 2. The van der Waals surface area contributed by atoms with E-state index < -0.39 is 11.8 Å². The van der Waals surface area contributed by atoms with Crippen molar-refractivity contribution in [1.82, 2.24) is 10.3 Å². The van der Waals surface area contributed by atoms with E-state index in [1.807, 2.05) is 44.2 Å². The zero-order chi connectivity index (χ0) is 34.0. The predicted octanol–water partition coefficient (Wildman–Crippen LogP) is 7.58. The van der Waals surface area contributed by atoms with Gasteiger partial charge < -0.3 is 25.4 Å². The Morgan fingerprint density at radius 2 is 1.58 bits per heavy atom. The van der Waals surface area contributed by atoms with Crippen LogP contribution in [0.15, 0.2) is 108 Å². The van der Waals surface area contributed by atoms with Crippen molar-refractivity contribution in [3.63, 3.8) is 0 Å². The number of nitrogens with zero attached hydrogens (tertiary/aromatic N) is 1. The summed E-state index contributed by atoms with van der Waals surface area (Å²) in [5.74, 6) is -0.00120. The zero-order valence-electron chi connectivity index (χ0n) is 26.8. The molecular weight excluding hydrogens is 645 g/mol. The van der Waals surface area contributed by atoms with E-state index in [9.17, 15) is 14.4 Å². The summed E-state index contributed by atoms with van der Waals surface area (Å²) in [5, 5.41) is 9.05. The molecule has 0 spiro atoms. The molecule has 0 aliphatic rings. The summed E-state index contributed by atoms with van der Waals surface area (Å²) in [6.07, 6.45) is 1.56. The minimum atomic E-state index is -0.530. The fourth-order valence-electron chi connectivity index (χ4n) is 4.65. The van der Waals surface area contributed by atoms with Crippen molar-refractivity contribution in [2.75, 3.05) is 30.6 Å². The molecule has 0 unspecified atom stereocenters. The van der Waals surface area contributed by atoms with Gasteiger partial charge in [-0.1, -0.05) is 60.2 Å². The number of amides is 3. The molecule has 5 rings (SSSR count). The van der Waals surface area contributed by atoms with Crippen molar-refractivity contribution in [2.24, 2.45) is 0 Å². The number of benzene rings is 4. The Hall–Kier alpha value is -5.39. The molecule has 4 aromatic carbocycles. The summed E-state index contributed by atoms with van der Waals surface area (Å²) in [5.41, 5.74) is 4.56. The third-order valence-electron chi connectivity index (χ3n) is 7.08. The number of anilines is 2. The standard InChI is InChI=1S/C37H34N4O5S2/c1-23-13-16-26(17-14-23)34-24(2)48-37(41-34)40-33(42)22-47-29-12-8-11-28(21-29)38-36(44)30(39-35(43)27-9-6-5-7-10-27)19-25-15-18-31(45-3)32(20-25)46-4/h5-21H,22H2,1-4H3,(H,38,44)(H,39,43)(H,40,41,42)/b30-19+. The number of thiazole rings is 1. The maximum absolute atomic E-state index is 13.6. The average molecular weight is 679 g/mol. The van der Waals surface area contributed by atoms with Crippen LogP contribution in [0.2, 0.25) is 0 Å². The number of carbonyl (C=O) groups excluding carboxylic acids is 3. The highest BCUT2D eigenvalue weighted by Gasteiger charge is 2.17. The fourth-order valence-corrected chi connectivity index (χ4v) is 6.25. The molecule has 0 aliphatic heterocycles. The second-order valence-electron chi connectivity index (χ2n) is 10.6. The van der Waals surface area contributed by atoms with E-state index in [1.54, 1.807) is 72.8 Å². The minimum Gasteiger partial charge on any atom is -0.493 e. The molecule has 3 N–H and O–H groups in total. The van der Waals surface area contributed by atoms with E-state index in [0.29, 0.717) is 33.4 Å². The monoisotopic (exact) mass is 678 g/mol. The zero-order valence-corrected chi connectivity index (χ0v) is 28.5. The highest BCUT2D eigenvalue weighted by Crippen LogP contribution is 2.31. The first-order valence-electron chi connectivity index (χ1n) is 14.9. The lowest BCUT2D eigenvalue weighted by Gasteiger charge is -2.13. The maximum atomic E-state index is 13.6. The molecule has 0 saturated carbocycles. The Kier molecular flexibility index (Phi) is 11.3. The van der Waals surface area contributed by atoms with Gasteiger partial charge in [0.15, 0.2) is 16.6 Å². The van der Waals surface area contributed by atoms with Crippen LogP contribution >= 0.6 is 23.1 Å². The second kappa shape index (κ2) is 15.9. The molecule has 244 valence electrons. The Morgan fingerprint density at radius 1 is 0.833 bits per heavy atom. The molecule has 0 radical (unpaired) electrons. The molecule has 1 heterocycles. The van der Waals surface area contributed by atoms with Crippen molar-refractivity contribution in [3.8, 4) is 22.8 Å². The van der Waals surface area contributed by atoms with E-state index in [4.69, 9.17) is 9.47 Å². The lowest BCUT2D eigenvalue weighted by atomic mass is 10.1. The lowest BCUT2D eigenvalue weighted by molar-refractivity contribution is -0.114. The Bertz CT molecular complexity index is 1960. The summed E-state index contributed by atoms with van der Waals surface area (Å²) in [6.45, 7) is 4.02. The molecule has 0 atom stereocenters. The summed E-state index contributed by atoms with van der Waals surface area (Å²) in [6, 6.07) is 29.1. The number of hydrogen-bond acceptors (Lipinski definition) is 8. The minimum absolute atomic E-state index is 0.0252. The lowest BCUT2D eigenvalue weighted by Crippen LogP contribution is -2.30. The highest BCUT2D eigenvalue weighted by molar-refractivity contribution is 8.00. The van der Waals surface area contributed by atoms with Crippen LogP contribution in [0.3, 0.4) is 0 Å². The number of carbonyl (C=O) groups is 3. The van der Waals surface area contributed by atoms with Crippen molar-refractivity contribution < 1.29 is 23.9 Å². The molecule has 0 bridgehead atoms. The van der Waals surface area contributed by atoms with Gasteiger partial charge in [0.1, 0.15) is 5.70 Å². The maximum Gasteiger partial charge on any atom is 0.272 e. The number of nitrogens with one attached hydrogen (secondary N) is 3. The molecule has 0 fully saturated rings. The molecule has 5 aromatic rings. The van der Waals surface area contributed by atoms with E-state index in [1.165, 1.54) is 42.9 Å². The van der Waals surface area contributed by atoms with Gasteiger partial charge in [-0.05, 0) is 68.0 Å². The molecule has 3 amide bonds. The molecule has 0 aliphatic carbocycles. The number of aromatic nitrogens is 1. The van der Waals surface area contributed by atoms with Gasteiger partial charge in [0.2, 0.25) is 5.91 Å². The number of rotatable bonds is 12. The third kappa shape index (κ3) is 8.90. The van der Waals surface area contributed by atoms with Crippen molar-refractivity contribution in [1.29, 1.82) is 0 Å². The summed E-state index contributed by atoms with van der Waals surface area (Å²) in [4.78, 5) is 45.9. The molecular formula is C37H34N4O5S2. The van der Waals surface area contributed by atoms with Gasteiger partial charge >= 0.3 is 0 Å². The van der Waals surface area contributed by atoms with Crippen LogP contribution in [-0.4, -0.2) is 42.7 Å². The third-order valence-corrected chi connectivity index (χ3v) is 8.96. The van der Waals surface area contributed by atoms with Gasteiger partial charge in [-0.3, -0.25) is 14.4 Å². The van der Waals surface area contributed by atoms with Gasteiger partial charge in [0.05, 0.1) is 25.7 Å². The Labute approximate surface area is 287 Å². The van der Waals surface area contributed by atoms with E-state index in [0.717, 1.165) is 21.0 Å². The van der Waals surface area contributed by atoms with E-state index >= 15 is 0 Å². The van der Waals surface area contributed by atoms with Crippen LogP contribution in [0.1, 0.15) is 26.4 Å². The number of hydrogen-bond donors (Lipinski definition) is 3. The van der Waals surface area contributed by atoms with Crippen LogP contribution in [0.5, 0.6) is 11.5 Å². The summed E-state index contributed by atoms with van der Waals surface area (Å²) in [7, 11) is 3.06. The Morgan fingerprint density at radius 3 is 2.31 bits per heavy atom. The summed E-state index contributed by atoms with van der Waals surface area (Å²) >= 11 is 2.76. The highest BCUT2D eigenvalue weighted by atomic mass is 32.2. The van der Waals surface area contributed by atoms with Crippen LogP contribution in [0.25, 0.3) is 17.3 Å². The number of methoxy groups -OCH3 is 2. The van der Waals surface area contributed by atoms with E-state index in [-0.39, 0.29) is 17.4 Å². The molecule has 0 saturated heterocycles. The van der Waals surface area contributed by atoms with Crippen LogP contribution in [0, 0.1) is 13.8 Å². The summed E-state index contributed by atoms with van der Waals surface area (Å²) < 4.78 is 10.7. The first kappa shape index (κ1) is 34.0. The topological polar surface area (TPSA) is 119 Å². The van der Waals surface area contributed by atoms with Gasteiger partial charge in [-0.25, -0.2) is 4.98 Å². The van der Waals surface area contributed by atoms with Gasteiger partial charge in [0.25, 0.3) is 11.8 Å². The fraction of sp³-hybridized carbons (Fsp3) is 0.135. The first-order valence-corrected chi connectivity index (χ1v) is 16.7. The molecule has 48 heavy (non-hydrogen) atoms. The Balaban J connectivity index is 1.26. The van der Waals surface area contributed by atoms with Crippen molar-refractivity contribution in [2.45, 2.75) is 18.7 Å². The van der Waals surface area contributed by atoms with E-state index in [2.05, 4.69) is 20.9 Å². The smallest absolute Gasteiger partial charge is 0.272 e. The normalized spacial score (nSPS) is 11.0. The number of ether oxygens (including phenoxy) is 2. The molecule has 1 aromatic heterocycles. The quantitative estimate of drug-likeness (QED) is 0.0920. The second-order valence-corrected chi connectivity index (χ2v) is 12.9. The van der Waals surface area contributed by atoms with Crippen LogP contribution in [0.4, 0.5) is 10.8 Å².